The molecular formula is C22H19ClN2O3S. The van der Waals surface area contributed by atoms with E-state index in [1.807, 2.05) is 48.5 Å². The van der Waals surface area contributed by atoms with Gasteiger partial charge in [0, 0.05) is 0 Å². The maximum atomic E-state index is 12.3. The Balaban J connectivity index is 1.53. The minimum Gasteiger partial charge on any atom is -0.490 e. The monoisotopic (exact) mass is 426 g/mol. The molecule has 0 heterocycles. The Morgan fingerprint density at radius 2 is 1.52 bits per heavy atom. The standard InChI is InChI=1S/C22H19ClN2O3S/c23-18-11-5-4-10-17(18)21(26)25-22(29)24-19-12-6-7-13-20(19)28-15-14-27-16-8-2-1-3-9-16/h1-13H,14-15H2,(H2,24,25,26,29). The van der Waals surface area contributed by atoms with Gasteiger partial charge < -0.3 is 14.8 Å². The molecule has 0 bridgehead atoms. The van der Waals surface area contributed by atoms with Gasteiger partial charge in [0.05, 0.1) is 16.3 Å². The molecule has 148 valence electrons. The molecule has 0 spiro atoms. The van der Waals surface area contributed by atoms with Crippen LogP contribution < -0.4 is 20.1 Å². The SMILES string of the molecule is O=C(NC(=S)Nc1ccccc1OCCOc1ccccc1)c1ccccc1Cl. The molecule has 0 saturated heterocycles. The topological polar surface area (TPSA) is 59.6 Å². The van der Waals surface area contributed by atoms with Gasteiger partial charge in [-0.05, 0) is 48.6 Å². The lowest BCUT2D eigenvalue weighted by atomic mass is 10.2. The number of rotatable bonds is 7. The maximum Gasteiger partial charge on any atom is 0.258 e. The molecule has 0 atom stereocenters. The molecule has 2 N–H and O–H groups in total. The summed E-state index contributed by atoms with van der Waals surface area (Å²) in [5, 5.41) is 6.10. The molecule has 1 amide bonds. The van der Waals surface area contributed by atoms with Gasteiger partial charge in [0.2, 0.25) is 0 Å². The van der Waals surface area contributed by atoms with Crippen LogP contribution >= 0.6 is 23.8 Å². The van der Waals surface area contributed by atoms with Crippen molar-refractivity contribution in [1.82, 2.24) is 5.32 Å². The summed E-state index contributed by atoms with van der Waals surface area (Å²) >= 11 is 11.3. The third-order valence-electron chi connectivity index (χ3n) is 3.83. The highest BCUT2D eigenvalue weighted by atomic mass is 35.5. The second-order valence-corrected chi connectivity index (χ2v) is 6.71. The van der Waals surface area contributed by atoms with Crippen LogP contribution in [0.5, 0.6) is 11.5 Å². The summed E-state index contributed by atoms with van der Waals surface area (Å²) in [5.74, 6) is 0.993. The van der Waals surface area contributed by atoms with Crippen molar-refractivity contribution in [1.29, 1.82) is 0 Å². The van der Waals surface area contributed by atoms with E-state index in [9.17, 15) is 4.79 Å². The van der Waals surface area contributed by atoms with Gasteiger partial charge in [-0.3, -0.25) is 10.1 Å². The van der Waals surface area contributed by atoms with Crippen LogP contribution in [0.4, 0.5) is 5.69 Å². The van der Waals surface area contributed by atoms with Gasteiger partial charge in [-0.2, -0.15) is 0 Å². The van der Waals surface area contributed by atoms with Crippen molar-refractivity contribution in [2.45, 2.75) is 0 Å². The highest BCUT2D eigenvalue weighted by Gasteiger charge is 2.12. The minimum atomic E-state index is -0.386. The van der Waals surface area contributed by atoms with E-state index in [4.69, 9.17) is 33.3 Å². The van der Waals surface area contributed by atoms with Crippen molar-refractivity contribution in [3.05, 3.63) is 89.4 Å². The largest absolute Gasteiger partial charge is 0.490 e. The highest BCUT2D eigenvalue weighted by molar-refractivity contribution is 7.80. The number of carbonyl (C=O) groups is 1. The smallest absolute Gasteiger partial charge is 0.258 e. The van der Waals surface area contributed by atoms with Crippen LogP contribution in [0.25, 0.3) is 0 Å². The molecular weight excluding hydrogens is 408 g/mol. The zero-order chi connectivity index (χ0) is 20.5. The Kier molecular flexibility index (Phi) is 7.44. The lowest BCUT2D eigenvalue weighted by Gasteiger charge is -2.15. The number of hydrogen-bond donors (Lipinski definition) is 2. The predicted octanol–water partition coefficient (Wildman–Crippen LogP) is 4.92. The Hall–Kier alpha value is -3.09. The Bertz CT molecular complexity index is 983. The molecule has 0 aliphatic carbocycles. The number of hydrogen-bond acceptors (Lipinski definition) is 4. The lowest BCUT2D eigenvalue weighted by molar-refractivity contribution is 0.0978. The first-order valence-corrected chi connectivity index (χ1v) is 9.68. The fourth-order valence-corrected chi connectivity index (χ4v) is 2.92. The van der Waals surface area contributed by atoms with Crippen molar-refractivity contribution >= 4 is 40.5 Å². The predicted molar refractivity (Wildman–Crippen MR) is 119 cm³/mol. The molecule has 3 aromatic rings. The molecule has 0 aliphatic rings. The Morgan fingerprint density at radius 1 is 0.862 bits per heavy atom. The molecule has 0 saturated carbocycles. The highest BCUT2D eigenvalue weighted by Crippen LogP contribution is 2.24. The maximum absolute atomic E-state index is 12.3. The average molecular weight is 427 g/mol. The van der Waals surface area contributed by atoms with Crippen LogP contribution in [-0.4, -0.2) is 24.2 Å². The molecule has 0 aliphatic heterocycles. The Morgan fingerprint density at radius 3 is 2.31 bits per heavy atom. The molecule has 3 aromatic carbocycles. The zero-order valence-electron chi connectivity index (χ0n) is 15.4. The molecule has 3 rings (SSSR count). The summed E-state index contributed by atoms with van der Waals surface area (Å²) in [6.07, 6.45) is 0. The lowest BCUT2D eigenvalue weighted by Crippen LogP contribution is -2.34. The van der Waals surface area contributed by atoms with Crippen LogP contribution in [0.3, 0.4) is 0 Å². The number of benzene rings is 3. The first-order valence-electron chi connectivity index (χ1n) is 8.90. The number of halogens is 1. The zero-order valence-corrected chi connectivity index (χ0v) is 17.0. The van der Waals surface area contributed by atoms with Gasteiger partial charge in [0.15, 0.2) is 5.11 Å². The molecule has 7 heteroatoms. The summed E-state index contributed by atoms with van der Waals surface area (Å²) < 4.78 is 11.4. The fourth-order valence-electron chi connectivity index (χ4n) is 2.49. The van der Waals surface area contributed by atoms with Crippen molar-refractivity contribution in [2.75, 3.05) is 18.5 Å². The average Bonchev–Trinajstić information content (AvgIpc) is 2.73. The Labute approximate surface area is 179 Å². The van der Waals surface area contributed by atoms with Crippen LogP contribution in [0.15, 0.2) is 78.9 Å². The normalized spacial score (nSPS) is 10.1. The van der Waals surface area contributed by atoms with Crippen molar-refractivity contribution in [2.24, 2.45) is 0 Å². The number of thiocarbonyl (C=S) groups is 1. The van der Waals surface area contributed by atoms with Crippen LogP contribution in [0, 0.1) is 0 Å². The van der Waals surface area contributed by atoms with Crippen molar-refractivity contribution in [3.8, 4) is 11.5 Å². The van der Waals surface area contributed by atoms with Crippen LogP contribution in [-0.2, 0) is 0 Å². The van der Waals surface area contributed by atoms with E-state index >= 15 is 0 Å². The van der Waals surface area contributed by atoms with Gasteiger partial charge in [0.25, 0.3) is 5.91 Å². The fraction of sp³-hybridized carbons (Fsp3) is 0.0909. The number of para-hydroxylation sites is 3. The number of anilines is 1. The van der Waals surface area contributed by atoms with Crippen LogP contribution in [0.1, 0.15) is 10.4 Å². The van der Waals surface area contributed by atoms with E-state index in [0.717, 1.165) is 5.75 Å². The van der Waals surface area contributed by atoms with Gasteiger partial charge in [-0.15, -0.1) is 0 Å². The number of amides is 1. The quantitative estimate of drug-likeness (QED) is 0.414. The second kappa shape index (κ2) is 10.5. The van der Waals surface area contributed by atoms with E-state index < -0.39 is 0 Å². The molecule has 0 fully saturated rings. The summed E-state index contributed by atoms with van der Waals surface area (Å²) in [5.41, 5.74) is 0.984. The van der Waals surface area contributed by atoms with E-state index in [1.54, 1.807) is 30.3 Å². The second-order valence-electron chi connectivity index (χ2n) is 5.89. The van der Waals surface area contributed by atoms with Crippen molar-refractivity contribution in [3.63, 3.8) is 0 Å². The van der Waals surface area contributed by atoms with E-state index in [0.29, 0.717) is 35.2 Å². The molecule has 29 heavy (non-hydrogen) atoms. The number of nitrogens with one attached hydrogen (secondary N) is 2. The van der Waals surface area contributed by atoms with Crippen molar-refractivity contribution < 1.29 is 14.3 Å². The van der Waals surface area contributed by atoms with Gasteiger partial charge in [-0.1, -0.05) is 54.1 Å². The first kappa shape index (κ1) is 20.6. The molecule has 0 radical (unpaired) electrons. The first-order chi connectivity index (χ1) is 14.1. The van der Waals surface area contributed by atoms with E-state index in [2.05, 4.69) is 10.6 Å². The van der Waals surface area contributed by atoms with Gasteiger partial charge in [0.1, 0.15) is 24.7 Å². The van der Waals surface area contributed by atoms with E-state index in [1.165, 1.54) is 0 Å². The van der Waals surface area contributed by atoms with E-state index in [-0.39, 0.29) is 11.0 Å². The van der Waals surface area contributed by atoms with Gasteiger partial charge in [-0.25, -0.2) is 0 Å². The molecule has 5 nitrogen and oxygen atoms in total. The number of ether oxygens (including phenoxy) is 2. The van der Waals surface area contributed by atoms with Crippen LogP contribution in [0.2, 0.25) is 5.02 Å². The minimum absolute atomic E-state index is 0.145. The summed E-state index contributed by atoms with van der Waals surface area (Å²) in [6.45, 7) is 0.748. The third-order valence-corrected chi connectivity index (χ3v) is 4.37. The summed E-state index contributed by atoms with van der Waals surface area (Å²) in [4.78, 5) is 12.3. The number of carbonyl (C=O) groups excluding carboxylic acids is 1. The molecule has 0 aromatic heterocycles. The molecule has 0 unspecified atom stereocenters. The third kappa shape index (κ3) is 6.20. The van der Waals surface area contributed by atoms with Gasteiger partial charge >= 0.3 is 0 Å². The summed E-state index contributed by atoms with van der Waals surface area (Å²) in [7, 11) is 0. The summed E-state index contributed by atoms with van der Waals surface area (Å²) in [6, 6.07) is 23.6.